The molecule has 7 heteroatoms. The highest BCUT2D eigenvalue weighted by atomic mass is 16.7. The number of benzene rings is 2. The number of amides is 1. The maximum atomic E-state index is 11.4. The molecule has 0 saturated carbocycles. The predicted molar refractivity (Wildman–Crippen MR) is 107 cm³/mol. The van der Waals surface area contributed by atoms with Gasteiger partial charge in [-0.1, -0.05) is 18.2 Å². The molecule has 0 radical (unpaired) electrons. The van der Waals surface area contributed by atoms with Crippen LogP contribution >= 0.6 is 0 Å². The number of nitrogens with zero attached hydrogens (tertiary/aromatic N) is 3. The number of fused-ring (bicyclic) bond motifs is 1. The Morgan fingerprint density at radius 2 is 1.79 bits per heavy atom. The highest BCUT2D eigenvalue weighted by Crippen LogP contribution is 2.35. The lowest BCUT2D eigenvalue weighted by molar-refractivity contribution is 0.100. The van der Waals surface area contributed by atoms with Gasteiger partial charge in [0.15, 0.2) is 11.5 Å². The highest BCUT2D eigenvalue weighted by molar-refractivity contribution is 5.93. The minimum absolute atomic E-state index is 0.212. The van der Waals surface area contributed by atoms with Gasteiger partial charge in [0.2, 0.25) is 12.7 Å². The summed E-state index contributed by atoms with van der Waals surface area (Å²) in [6.45, 7) is 0.212. The van der Waals surface area contributed by atoms with Crippen molar-refractivity contribution in [1.82, 2.24) is 14.5 Å². The zero-order chi connectivity index (χ0) is 19.8. The zero-order valence-corrected chi connectivity index (χ0v) is 15.3. The van der Waals surface area contributed by atoms with Crippen LogP contribution in [0.15, 0.2) is 73.1 Å². The number of carbonyl (C=O) groups is 1. The van der Waals surface area contributed by atoms with Crippen molar-refractivity contribution in [2.24, 2.45) is 5.73 Å². The van der Waals surface area contributed by atoms with Gasteiger partial charge in [-0.2, -0.15) is 0 Å². The molecule has 2 aromatic heterocycles. The monoisotopic (exact) mass is 384 g/mol. The van der Waals surface area contributed by atoms with E-state index >= 15 is 0 Å². The third kappa shape index (κ3) is 3.08. The van der Waals surface area contributed by atoms with Crippen molar-refractivity contribution >= 4 is 5.91 Å². The lowest BCUT2D eigenvalue weighted by Gasteiger charge is -2.09. The van der Waals surface area contributed by atoms with E-state index in [4.69, 9.17) is 20.2 Å². The molecule has 29 heavy (non-hydrogen) atoms. The summed E-state index contributed by atoms with van der Waals surface area (Å²) < 4.78 is 12.9. The largest absolute Gasteiger partial charge is 0.454 e. The van der Waals surface area contributed by atoms with Gasteiger partial charge in [0.1, 0.15) is 11.5 Å². The number of hydrogen-bond acceptors (Lipinski definition) is 5. The van der Waals surface area contributed by atoms with E-state index in [9.17, 15) is 4.79 Å². The first-order chi connectivity index (χ1) is 14.2. The van der Waals surface area contributed by atoms with Gasteiger partial charge in [-0.3, -0.25) is 14.3 Å². The Balaban J connectivity index is 1.66. The lowest BCUT2D eigenvalue weighted by Crippen LogP contribution is -2.10. The molecule has 0 bridgehead atoms. The second-order valence-electron chi connectivity index (χ2n) is 6.51. The van der Waals surface area contributed by atoms with E-state index < -0.39 is 5.91 Å². The smallest absolute Gasteiger partial charge is 0.248 e. The molecule has 5 rings (SSSR count). The van der Waals surface area contributed by atoms with Crippen LogP contribution in [0.4, 0.5) is 0 Å². The molecule has 0 fully saturated rings. The molecule has 1 aliphatic rings. The summed E-state index contributed by atoms with van der Waals surface area (Å²) in [5.41, 5.74) is 9.02. The number of aromatic nitrogens is 3. The maximum absolute atomic E-state index is 11.4. The topological polar surface area (TPSA) is 92.3 Å². The Bertz CT molecular complexity index is 1200. The fourth-order valence-corrected chi connectivity index (χ4v) is 3.24. The Morgan fingerprint density at radius 3 is 2.55 bits per heavy atom. The van der Waals surface area contributed by atoms with Crippen LogP contribution in [0.2, 0.25) is 0 Å². The van der Waals surface area contributed by atoms with Gasteiger partial charge in [0.05, 0.1) is 11.4 Å². The molecule has 2 N–H and O–H groups in total. The van der Waals surface area contributed by atoms with Crippen molar-refractivity contribution in [3.05, 3.63) is 78.6 Å². The van der Waals surface area contributed by atoms with Crippen LogP contribution in [-0.4, -0.2) is 27.2 Å². The Kier molecular flexibility index (Phi) is 3.98. The van der Waals surface area contributed by atoms with Crippen LogP contribution in [0, 0.1) is 0 Å². The molecule has 4 aromatic rings. The molecule has 0 atom stereocenters. The lowest BCUT2D eigenvalue weighted by atomic mass is 10.1. The van der Waals surface area contributed by atoms with Crippen LogP contribution in [0.1, 0.15) is 10.4 Å². The third-order valence-corrected chi connectivity index (χ3v) is 4.70. The molecular formula is C22H16N4O3. The molecule has 0 spiro atoms. The van der Waals surface area contributed by atoms with Crippen LogP contribution < -0.4 is 15.2 Å². The van der Waals surface area contributed by atoms with Crippen molar-refractivity contribution in [2.75, 3.05) is 6.79 Å². The van der Waals surface area contributed by atoms with Crippen molar-refractivity contribution in [3.8, 4) is 40.0 Å². The summed E-state index contributed by atoms with van der Waals surface area (Å²) in [5, 5.41) is 0. The van der Waals surface area contributed by atoms with Crippen molar-refractivity contribution in [1.29, 1.82) is 0 Å². The van der Waals surface area contributed by atoms with Crippen molar-refractivity contribution in [2.45, 2.75) is 0 Å². The van der Waals surface area contributed by atoms with E-state index in [0.717, 1.165) is 22.6 Å². The summed E-state index contributed by atoms with van der Waals surface area (Å²) in [5.74, 6) is 1.64. The number of pyridine rings is 1. The minimum Gasteiger partial charge on any atom is -0.454 e. The van der Waals surface area contributed by atoms with E-state index in [-0.39, 0.29) is 6.79 Å². The summed E-state index contributed by atoms with van der Waals surface area (Å²) >= 11 is 0. The second kappa shape index (κ2) is 6.79. The van der Waals surface area contributed by atoms with E-state index in [0.29, 0.717) is 22.9 Å². The number of rotatable bonds is 4. The first kappa shape index (κ1) is 17.0. The normalized spacial score (nSPS) is 12.1. The van der Waals surface area contributed by atoms with Gasteiger partial charge < -0.3 is 15.2 Å². The molecule has 0 unspecified atom stereocenters. The van der Waals surface area contributed by atoms with Gasteiger partial charge >= 0.3 is 0 Å². The molecule has 1 amide bonds. The molecule has 0 saturated heterocycles. The summed E-state index contributed by atoms with van der Waals surface area (Å²) in [6.07, 6.45) is 3.66. The average molecular weight is 384 g/mol. The summed E-state index contributed by atoms with van der Waals surface area (Å²) in [4.78, 5) is 20.6. The number of nitrogens with two attached hydrogens (primary N) is 1. The fraction of sp³-hybridized carbons (Fsp3) is 0.0455. The van der Waals surface area contributed by atoms with Gasteiger partial charge in [-0.25, -0.2) is 4.98 Å². The predicted octanol–water partition coefficient (Wildman–Crippen LogP) is 3.43. The third-order valence-electron chi connectivity index (χ3n) is 4.70. The van der Waals surface area contributed by atoms with Crippen LogP contribution in [0.3, 0.4) is 0 Å². The molecular weight excluding hydrogens is 368 g/mol. The maximum Gasteiger partial charge on any atom is 0.248 e. The highest BCUT2D eigenvalue weighted by Gasteiger charge is 2.18. The molecule has 2 aromatic carbocycles. The van der Waals surface area contributed by atoms with Crippen molar-refractivity contribution < 1.29 is 14.3 Å². The van der Waals surface area contributed by atoms with Crippen LogP contribution in [0.5, 0.6) is 11.5 Å². The molecule has 0 aliphatic carbocycles. The number of hydrogen-bond donors (Lipinski definition) is 1. The Labute approximate surface area is 166 Å². The van der Waals surface area contributed by atoms with Gasteiger partial charge in [-0.15, -0.1) is 0 Å². The van der Waals surface area contributed by atoms with Gasteiger partial charge in [-0.05, 0) is 36.4 Å². The minimum atomic E-state index is -0.468. The van der Waals surface area contributed by atoms with E-state index in [2.05, 4.69) is 4.98 Å². The molecule has 1 aliphatic heterocycles. The van der Waals surface area contributed by atoms with Gasteiger partial charge in [0, 0.05) is 29.6 Å². The number of primary amides is 1. The number of carbonyl (C=O) groups excluding carboxylic acids is 1. The summed E-state index contributed by atoms with van der Waals surface area (Å²) in [6, 6.07) is 18.5. The van der Waals surface area contributed by atoms with E-state index in [1.165, 1.54) is 0 Å². The van der Waals surface area contributed by atoms with Crippen molar-refractivity contribution in [3.63, 3.8) is 0 Å². The Hall–Kier alpha value is -4.13. The molecule has 3 heterocycles. The standard InChI is InChI=1S/C22H16N4O3/c23-21(27)14-4-6-15(7-5-14)22-25-18(17-3-1-2-10-24-17)12-26(22)16-8-9-19-20(11-16)29-13-28-19/h1-12H,13H2,(H2,23,27). The van der Waals surface area contributed by atoms with Gasteiger partial charge in [0.25, 0.3) is 0 Å². The van der Waals surface area contributed by atoms with E-state index in [1.807, 2.05) is 59.3 Å². The average Bonchev–Trinajstić information content (AvgIpc) is 3.41. The first-order valence-electron chi connectivity index (χ1n) is 9.00. The second-order valence-corrected chi connectivity index (χ2v) is 6.51. The fourth-order valence-electron chi connectivity index (χ4n) is 3.24. The zero-order valence-electron chi connectivity index (χ0n) is 15.3. The molecule has 7 nitrogen and oxygen atoms in total. The number of imidazole rings is 1. The van der Waals surface area contributed by atoms with E-state index in [1.54, 1.807) is 18.3 Å². The Morgan fingerprint density at radius 1 is 0.966 bits per heavy atom. The quantitative estimate of drug-likeness (QED) is 0.582. The molecule has 142 valence electrons. The SMILES string of the molecule is NC(=O)c1ccc(-c2nc(-c3ccccn3)cn2-c2ccc3c(c2)OCO3)cc1. The van der Waals surface area contributed by atoms with Crippen LogP contribution in [0.25, 0.3) is 28.5 Å². The number of ether oxygens (including phenoxy) is 2. The summed E-state index contributed by atoms with van der Waals surface area (Å²) in [7, 11) is 0. The first-order valence-corrected chi connectivity index (χ1v) is 9.00. The van der Waals surface area contributed by atoms with Crippen LogP contribution in [-0.2, 0) is 0 Å².